The van der Waals surface area contributed by atoms with Gasteiger partial charge in [0.05, 0.1) is 24.7 Å². The highest BCUT2D eigenvalue weighted by molar-refractivity contribution is 5.94. The second-order valence-corrected chi connectivity index (χ2v) is 8.48. The van der Waals surface area contributed by atoms with E-state index in [-0.39, 0.29) is 29.1 Å². The molecule has 3 heterocycles. The van der Waals surface area contributed by atoms with Crippen LogP contribution in [-0.4, -0.2) is 52.7 Å². The zero-order valence-corrected chi connectivity index (χ0v) is 19.2. The molecule has 2 N–H and O–H groups in total. The fourth-order valence-corrected chi connectivity index (χ4v) is 4.31. The van der Waals surface area contributed by atoms with Gasteiger partial charge < -0.3 is 20.1 Å². The molecule has 1 saturated heterocycles. The van der Waals surface area contributed by atoms with Crippen molar-refractivity contribution >= 4 is 23.1 Å². The van der Waals surface area contributed by atoms with E-state index in [0.29, 0.717) is 16.8 Å². The number of aromatic carboxylic acids is 1. The van der Waals surface area contributed by atoms with Crippen LogP contribution in [0.25, 0.3) is 5.65 Å². The lowest BCUT2D eigenvalue weighted by Gasteiger charge is -2.22. The number of pyridine rings is 1. The molecule has 0 saturated carbocycles. The zero-order chi connectivity index (χ0) is 25.5. The van der Waals surface area contributed by atoms with Crippen molar-refractivity contribution in [2.45, 2.75) is 31.9 Å². The molecule has 35 heavy (non-hydrogen) atoms. The van der Waals surface area contributed by atoms with Crippen molar-refractivity contribution in [1.29, 1.82) is 5.26 Å². The van der Waals surface area contributed by atoms with Crippen LogP contribution in [0.3, 0.4) is 0 Å². The Morgan fingerprint density at radius 1 is 1.40 bits per heavy atom. The number of rotatable bonds is 6. The van der Waals surface area contributed by atoms with Gasteiger partial charge in [-0.15, -0.1) is 0 Å². The standard InChI is InChI=1S/C24H23F2N5O4/c1-13-8-16(14(2)28-18-7-5-4-6-15(18)23(33)34)21-29-20(17(9-27)22(32)31(21)10-13)30-11-19(35-3)24(25,26)12-30/h4-8,10,14,19,28H,11-12H2,1-3H3,(H,33,34)/t14-,19-/m1/s1. The molecule has 1 aromatic carbocycles. The number of benzene rings is 1. The van der Waals surface area contributed by atoms with Gasteiger partial charge in [0.2, 0.25) is 0 Å². The molecule has 0 amide bonds. The number of para-hydroxylation sites is 1. The fraction of sp³-hybridized carbons (Fsp3) is 0.333. The molecular formula is C24H23F2N5O4. The first-order valence-electron chi connectivity index (χ1n) is 10.8. The third-order valence-electron chi connectivity index (χ3n) is 6.02. The van der Waals surface area contributed by atoms with Gasteiger partial charge in [0.1, 0.15) is 17.8 Å². The fourth-order valence-electron chi connectivity index (χ4n) is 4.31. The lowest BCUT2D eigenvalue weighted by Crippen LogP contribution is -2.33. The Balaban J connectivity index is 1.86. The third kappa shape index (κ3) is 4.28. The maximum atomic E-state index is 14.4. The van der Waals surface area contributed by atoms with Crippen molar-refractivity contribution in [3.8, 4) is 6.07 Å². The van der Waals surface area contributed by atoms with Crippen molar-refractivity contribution in [2.75, 3.05) is 30.4 Å². The first-order valence-corrected chi connectivity index (χ1v) is 10.8. The number of hydrogen-bond acceptors (Lipinski definition) is 7. The molecule has 0 aliphatic carbocycles. The number of anilines is 2. The number of fused-ring (bicyclic) bond motifs is 1. The summed E-state index contributed by atoms with van der Waals surface area (Å²) < 4.78 is 34.9. The average Bonchev–Trinajstić information content (AvgIpc) is 3.13. The van der Waals surface area contributed by atoms with Gasteiger partial charge in [-0.1, -0.05) is 12.1 Å². The number of nitriles is 1. The summed E-state index contributed by atoms with van der Waals surface area (Å²) in [6.45, 7) is 2.55. The summed E-state index contributed by atoms with van der Waals surface area (Å²) >= 11 is 0. The molecule has 1 aliphatic rings. The van der Waals surface area contributed by atoms with Crippen molar-refractivity contribution in [1.82, 2.24) is 9.38 Å². The number of aromatic nitrogens is 2. The summed E-state index contributed by atoms with van der Waals surface area (Å²) in [6.07, 6.45) is 0.118. The maximum absolute atomic E-state index is 14.4. The van der Waals surface area contributed by atoms with E-state index in [1.807, 2.05) is 6.07 Å². The topological polar surface area (TPSA) is 120 Å². The number of alkyl halides is 2. The number of carboxylic acid groups (broad SMARTS) is 1. The van der Waals surface area contributed by atoms with E-state index >= 15 is 0 Å². The minimum atomic E-state index is -3.18. The average molecular weight is 483 g/mol. The molecule has 11 heteroatoms. The highest BCUT2D eigenvalue weighted by atomic mass is 19.3. The van der Waals surface area contributed by atoms with Crippen LogP contribution in [0, 0.1) is 18.3 Å². The van der Waals surface area contributed by atoms with E-state index in [0.717, 1.165) is 0 Å². The van der Waals surface area contributed by atoms with Crippen LogP contribution in [-0.2, 0) is 4.74 Å². The van der Waals surface area contributed by atoms with Gasteiger partial charge in [0, 0.05) is 24.6 Å². The van der Waals surface area contributed by atoms with Crippen molar-refractivity contribution in [3.05, 3.63) is 69.1 Å². The van der Waals surface area contributed by atoms with E-state index in [9.17, 15) is 28.7 Å². The van der Waals surface area contributed by atoms with Crippen LogP contribution >= 0.6 is 0 Å². The molecule has 0 bridgehead atoms. The molecule has 4 rings (SSSR count). The second kappa shape index (κ2) is 8.96. The van der Waals surface area contributed by atoms with Gasteiger partial charge in [-0.2, -0.15) is 5.26 Å². The number of carbonyl (C=O) groups is 1. The Morgan fingerprint density at radius 3 is 2.74 bits per heavy atom. The van der Waals surface area contributed by atoms with E-state index in [4.69, 9.17) is 4.74 Å². The lowest BCUT2D eigenvalue weighted by atomic mass is 10.1. The Hall–Kier alpha value is -4.04. The number of halogens is 2. The molecule has 3 aromatic rings. The number of hydrogen-bond donors (Lipinski definition) is 2. The SMILES string of the molecule is CO[C@@H]1CN(c2nc3c([C@@H](C)Nc4ccccc4C(=O)O)cc(C)cn3c(=O)c2C#N)CC1(F)F. The minimum Gasteiger partial charge on any atom is -0.478 e. The van der Waals surface area contributed by atoms with Gasteiger partial charge in [0.25, 0.3) is 11.5 Å². The summed E-state index contributed by atoms with van der Waals surface area (Å²) in [6, 6.07) is 9.45. The predicted molar refractivity (Wildman–Crippen MR) is 124 cm³/mol. The van der Waals surface area contributed by atoms with Crippen LogP contribution < -0.4 is 15.8 Å². The van der Waals surface area contributed by atoms with Crippen LogP contribution in [0.1, 0.15) is 40.0 Å². The maximum Gasteiger partial charge on any atom is 0.337 e. The highest BCUT2D eigenvalue weighted by Crippen LogP contribution is 2.34. The predicted octanol–water partition coefficient (Wildman–Crippen LogP) is 3.22. The quantitative estimate of drug-likeness (QED) is 0.549. The van der Waals surface area contributed by atoms with Gasteiger partial charge in [-0.25, -0.2) is 18.6 Å². The first-order chi connectivity index (χ1) is 16.6. The third-order valence-corrected chi connectivity index (χ3v) is 6.02. The summed E-state index contributed by atoms with van der Waals surface area (Å²) in [5, 5.41) is 22.3. The van der Waals surface area contributed by atoms with Crippen molar-refractivity contribution < 1.29 is 23.4 Å². The van der Waals surface area contributed by atoms with E-state index in [1.165, 1.54) is 28.7 Å². The monoisotopic (exact) mass is 483 g/mol. The van der Waals surface area contributed by atoms with E-state index in [2.05, 4.69) is 10.3 Å². The number of carboxylic acids is 1. The molecular weight excluding hydrogens is 460 g/mol. The Labute approximate surface area is 199 Å². The summed E-state index contributed by atoms with van der Waals surface area (Å²) in [7, 11) is 1.18. The van der Waals surface area contributed by atoms with Crippen molar-refractivity contribution in [2.24, 2.45) is 0 Å². The van der Waals surface area contributed by atoms with Crippen LogP contribution in [0.2, 0.25) is 0 Å². The lowest BCUT2D eigenvalue weighted by molar-refractivity contribution is -0.0889. The number of aryl methyl sites for hydroxylation is 1. The number of methoxy groups -OCH3 is 1. The molecule has 182 valence electrons. The molecule has 9 nitrogen and oxygen atoms in total. The molecule has 0 radical (unpaired) electrons. The Bertz CT molecular complexity index is 1420. The van der Waals surface area contributed by atoms with Crippen LogP contribution in [0.5, 0.6) is 0 Å². The number of nitrogens with one attached hydrogen (secondary N) is 1. The van der Waals surface area contributed by atoms with Crippen LogP contribution in [0.15, 0.2) is 41.3 Å². The molecule has 1 fully saturated rings. The largest absolute Gasteiger partial charge is 0.478 e. The van der Waals surface area contributed by atoms with Crippen LogP contribution in [0.4, 0.5) is 20.3 Å². The van der Waals surface area contributed by atoms with Gasteiger partial charge >= 0.3 is 5.97 Å². The normalized spacial score (nSPS) is 17.8. The molecule has 0 spiro atoms. The van der Waals surface area contributed by atoms with Gasteiger partial charge in [-0.05, 0) is 37.6 Å². The van der Waals surface area contributed by atoms with E-state index in [1.54, 1.807) is 38.1 Å². The summed E-state index contributed by atoms with van der Waals surface area (Å²) in [5.41, 5.74) is 0.807. The summed E-state index contributed by atoms with van der Waals surface area (Å²) in [5.74, 6) is -4.42. The Morgan fingerprint density at radius 2 is 2.11 bits per heavy atom. The molecule has 2 atom stereocenters. The summed E-state index contributed by atoms with van der Waals surface area (Å²) in [4.78, 5) is 30.5. The van der Waals surface area contributed by atoms with Gasteiger partial charge in [-0.3, -0.25) is 9.20 Å². The smallest absolute Gasteiger partial charge is 0.337 e. The molecule has 2 aromatic heterocycles. The highest BCUT2D eigenvalue weighted by Gasteiger charge is 2.49. The van der Waals surface area contributed by atoms with Crippen molar-refractivity contribution in [3.63, 3.8) is 0 Å². The minimum absolute atomic E-state index is 0.0683. The zero-order valence-electron chi connectivity index (χ0n) is 19.2. The molecule has 0 unspecified atom stereocenters. The van der Waals surface area contributed by atoms with E-state index < -0.39 is 36.1 Å². The number of ether oxygens (including phenoxy) is 1. The molecule has 1 aliphatic heterocycles. The van der Waals surface area contributed by atoms with Gasteiger partial charge in [0.15, 0.2) is 11.4 Å². The Kier molecular flexibility index (Phi) is 6.17. The number of nitrogens with zero attached hydrogens (tertiary/aromatic N) is 4. The first kappa shape index (κ1) is 24.1. The second-order valence-electron chi connectivity index (χ2n) is 8.48.